The number of nitrogen functional groups attached to an aromatic ring is 1. The maximum Gasteiger partial charge on any atom is 0.236 e. The Labute approximate surface area is 187 Å². The predicted octanol–water partition coefficient (Wildman–Crippen LogP) is 4.47. The fourth-order valence-electron chi connectivity index (χ4n) is 3.95. The molecule has 8 nitrogen and oxygen atoms in total. The molecule has 1 aliphatic carbocycles. The number of pyridine rings is 1. The molecule has 0 unspecified atom stereocenters. The number of hydrogen-bond acceptors (Lipinski definition) is 8. The Bertz CT molecular complexity index is 1030. The van der Waals surface area contributed by atoms with Crippen LogP contribution in [-0.4, -0.2) is 33.1 Å². The molecule has 1 saturated carbocycles. The van der Waals surface area contributed by atoms with Gasteiger partial charge in [-0.3, -0.25) is 4.98 Å². The lowest BCUT2D eigenvalue weighted by molar-refractivity contribution is 0.386. The molecule has 3 aromatic rings. The summed E-state index contributed by atoms with van der Waals surface area (Å²) in [6.07, 6.45) is 10.5. The van der Waals surface area contributed by atoms with Crippen molar-refractivity contribution in [2.75, 3.05) is 23.1 Å². The summed E-state index contributed by atoms with van der Waals surface area (Å²) in [4.78, 5) is 19.3. The van der Waals surface area contributed by atoms with Gasteiger partial charge in [-0.05, 0) is 36.6 Å². The number of nitrogens with zero attached hydrogens (tertiary/aromatic N) is 5. The average molecular weight is 438 g/mol. The van der Waals surface area contributed by atoms with Gasteiger partial charge in [0.05, 0.1) is 13.7 Å². The number of benzene rings is 1. The van der Waals surface area contributed by atoms with Crippen LogP contribution in [0.3, 0.4) is 0 Å². The molecule has 2 aromatic heterocycles. The molecule has 0 spiro atoms. The van der Waals surface area contributed by atoms with E-state index in [4.69, 9.17) is 10.5 Å². The first kappa shape index (κ1) is 21.7. The van der Waals surface area contributed by atoms with Crippen LogP contribution in [0.5, 0.6) is 5.75 Å². The van der Waals surface area contributed by atoms with Gasteiger partial charge in [-0.2, -0.15) is 15.0 Å². The molecule has 4 rings (SSSR count). The summed E-state index contributed by atoms with van der Waals surface area (Å²) in [5.74, 6) is 0.573. The molecule has 1 fully saturated rings. The molecule has 0 radical (unpaired) electrons. The van der Waals surface area contributed by atoms with E-state index in [0.717, 1.165) is 18.4 Å². The standard InChI is InChI=1S/C23H28FN7O/c1-32-20-11-10-18(13-19(20)24)31(15-16-7-6-12-26-14-16)23-29-21(25)28-22(30-23)27-17-8-4-2-3-5-9-17/h6-7,10-14,17H,2-5,8-9,15H2,1H3,(H3,25,27,28,29,30). The van der Waals surface area contributed by atoms with Gasteiger partial charge in [0.25, 0.3) is 0 Å². The maximum absolute atomic E-state index is 14.5. The van der Waals surface area contributed by atoms with E-state index < -0.39 is 5.82 Å². The molecule has 1 aromatic carbocycles. The van der Waals surface area contributed by atoms with Crippen molar-refractivity contribution >= 4 is 23.5 Å². The lowest BCUT2D eigenvalue weighted by atomic mass is 10.1. The van der Waals surface area contributed by atoms with E-state index in [0.29, 0.717) is 30.2 Å². The fraction of sp³-hybridized carbons (Fsp3) is 0.391. The molecule has 0 aliphatic heterocycles. The highest BCUT2D eigenvalue weighted by Gasteiger charge is 2.19. The number of rotatable bonds is 7. The summed E-state index contributed by atoms with van der Waals surface area (Å²) in [6.45, 7) is 0.381. The summed E-state index contributed by atoms with van der Waals surface area (Å²) in [5, 5.41) is 3.43. The van der Waals surface area contributed by atoms with Crippen molar-refractivity contribution < 1.29 is 9.13 Å². The molecule has 0 bridgehead atoms. The second-order valence-corrected chi connectivity index (χ2v) is 7.92. The summed E-state index contributed by atoms with van der Waals surface area (Å²) in [6, 6.07) is 8.83. The quantitative estimate of drug-likeness (QED) is 0.522. The number of halogens is 1. The summed E-state index contributed by atoms with van der Waals surface area (Å²) < 4.78 is 19.6. The predicted molar refractivity (Wildman–Crippen MR) is 122 cm³/mol. The number of aromatic nitrogens is 4. The first-order valence-corrected chi connectivity index (χ1v) is 10.9. The normalized spacial score (nSPS) is 14.6. The average Bonchev–Trinajstić information content (AvgIpc) is 3.06. The number of nitrogens with one attached hydrogen (secondary N) is 1. The Balaban J connectivity index is 1.68. The number of methoxy groups -OCH3 is 1. The van der Waals surface area contributed by atoms with Crippen LogP contribution < -0.4 is 20.7 Å². The molecule has 0 amide bonds. The van der Waals surface area contributed by atoms with Crippen molar-refractivity contribution in [1.82, 2.24) is 19.9 Å². The zero-order valence-electron chi connectivity index (χ0n) is 18.2. The second-order valence-electron chi connectivity index (χ2n) is 7.92. The Hall–Kier alpha value is -3.49. The van der Waals surface area contributed by atoms with E-state index in [2.05, 4.69) is 25.3 Å². The second kappa shape index (κ2) is 10.2. The van der Waals surface area contributed by atoms with Crippen LogP contribution in [0.1, 0.15) is 44.1 Å². The molecule has 1 aliphatic rings. The van der Waals surface area contributed by atoms with Crippen LogP contribution in [0, 0.1) is 5.82 Å². The van der Waals surface area contributed by atoms with Crippen molar-refractivity contribution in [3.8, 4) is 5.75 Å². The highest BCUT2D eigenvalue weighted by atomic mass is 19.1. The molecule has 2 heterocycles. The van der Waals surface area contributed by atoms with E-state index in [9.17, 15) is 4.39 Å². The topological polar surface area (TPSA) is 102 Å². The van der Waals surface area contributed by atoms with Crippen molar-refractivity contribution in [2.24, 2.45) is 0 Å². The molecule has 9 heteroatoms. The highest BCUT2D eigenvalue weighted by molar-refractivity contribution is 5.60. The largest absolute Gasteiger partial charge is 0.494 e. The zero-order chi connectivity index (χ0) is 22.3. The van der Waals surface area contributed by atoms with Crippen molar-refractivity contribution in [3.05, 3.63) is 54.1 Å². The first-order valence-electron chi connectivity index (χ1n) is 10.9. The zero-order valence-corrected chi connectivity index (χ0v) is 18.2. The van der Waals surface area contributed by atoms with Gasteiger partial charge in [-0.15, -0.1) is 0 Å². The third kappa shape index (κ3) is 5.40. The lowest BCUT2D eigenvalue weighted by Crippen LogP contribution is -2.24. The molecule has 32 heavy (non-hydrogen) atoms. The van der Waals surface area contributed by atoms with Crippen molar-refractivity contribution in [2.45, 2.75) is 51.1 Å². The Kier molecular flexibility index (Phi) is 6.94. The van der Waals surface area contributed by atoms with Gasteiger partial charge in [0.15, 0.2) is 11.6 Å². The molecule has 0 atom stereocenters. The monoisotopic (exact) mass is 437 g/mol. The highest BCUT2D eigenvalue weighted by Crippen LogP contribution is 2.30. The number of anilines is 4. The van der Waals surface area contributed by atoms with E-state index in [1.165, 1.54) is 38.9 Å². The minimum atomic E-state index is -0.472. The molecule has 3 N–H and O–H groups in total. The molecule has 0 saturated heterocycles. The van der Waals surface area contributed by atoms with Gasteiger partial charge in [-0.1, -0.05) is 31.7 Å². The summed E-state index contributed by atoms with van der Waals surface area (Å²) in [5.41, 5.74) is 7.53. The summed E-state index contributed by atoms with van der Waals surface area (Å²) >= 11 is 0. The molecular weight excluding hydrogens is 409 g/mol. The van der Waals surface area contributed by atoms with Crippen LogP contribution in [0.25, 0.3) is 0 Å². The van der Waals surface area contributed by atoms with Crippen LogP contribution in [0.2, 0.25) is 0 Å². The van der Waals surface area contributed by atoms with Gasteiger partial charge < -0.3 is 20.7 Å². The van der Waals surface area contributed by atoms with Crippen LogP contribution in [0.4, 0.5) is 27.9 Å². The number of nitrogens with two attached hydrogens (primary N) is 1. The Morgan fingerprint density at radius 1 is 1.12 bits per heavy atom. The van der Waals surface area contributed by atoms with Crippen molar-refractivity contribution in [1.29, 1.82) is 0 Å². The van der Waals surface area contributed by atoms with E-state index in [-0.39, 0.29) is 11.7 Å². The minimum absolute atomic E-state index is 0.108. The van der Waals surface area contributed by atoms with Gasteiger partial charge in [0.2, 0.25) is 17.8 Å². The van der Waals surface area contributed by atoms with E-state index in [1.807, 2.05) is 12.1 Å². The van der Waals surface area contributed by atoms with Crippen LogP contribution in [-0.2, 0) is 6.54 Å². The lowest BCUT2D eigenvalue weighted by Gasteiger charge is -2.24. The van der Waals surface area contributed by atoms with Crippen molar-refractivity contribution in [3.63, 3.8) is 0 Å². The van der Waals surface area contributed by atoms with Gasteiger partial charge >= 0.3 is 0 Å². The molecule has 168 valence electrons. The smallest absolute Gasteiger partial charge is 0.236 e. The minimum Gasteiger partial charge on any atom is -0.494 e. The van der Waals surface area contributed by atoms with Gasteiger partial charge in [0, 0.05) is 30.2 Å². The number of hydrogen-bond donors (Lipinski definition) is 2. The van der Waals surface area contributed by atoms with Gasteiger partial charge in [-0.25, -0.2) is 4.39 Å². The third-order valence-corrected chi connectivity index (χ3v) is 5.58. The number of ether oxygens (including phenoxy) is 1. The van der Waals surface area contributed by atoms with Crippen LogP contribution in [0.15, 0.2) is 42.7 Å². The van der Waals surface area contributed by atoms with E-state index in [1.54, 1.807) is 29.4 Å². The fourth-order valence-corrected chi connectivity index (χ4v) is 3.95. The van der Waals surface area contributed by atoms with Crippen LogP contribution >= 0.6 is 0 Å². The van der Waals surface area contributed by atoms with E-state index >= 15 is 0 Å². The first-order chi connectivity index (χ1) is 15.6. The summed E-state index contributed by atoms with van der Waals surface area (Å²) in [7, 11) is 1.43. The van der Waals surface area contributed by atoms with Gasteiger partial charge in [0.1, 0.15) is 0 Å². The SMILES string of the molecule is COc1ccc(N(Cc2cccnc2)c2nc(N)nc(NC3CCCCCC3)n2)cc1F. The maximum atomic E-state index is 14.5. The molecular formula is C23H28FN7O. The Morgan fingerprint density at radius 3 is 2.62 bits per heavy atom. The third-order valence-electron chi connectivity index (χ3n) is 5.58. The Morgan fingerprint density at radius 2 is 1.94 bits per heavy atom.